The molecule has 2 aromatic rings. The Morgan fingerprint density at radius 3 is 1.46 bits per heavy atom. The molecule has 0 saturated carbocycles. The fourth-order valence-electron chi connectivity index (χ4n) is 2.39. The van der Waals surface area contributed by atoms with Gasteiger partial charge in [-0.3, -0.25) is 5.84 Å². The van der Waals surface area contributed by atoms with E-state index in [9.17, 15) is 14.7 Å². The second-order valence-electron chi connectivity index (χ2n) is 5.94. The number of carboxylic acid groups (broad SMARTS) is 2. The maximum absolute atomic E-state index is 10.5. The van der Waals surface area contributed by atoms with Gasteiger partial charge in [0, 0.05) is 7.05 Å². The van der Waals surface area contributed by atoms with Crippen molar-refractivity contribution in [3.05, 3.63) is 71.8 Å². The molecule has 0 aliphatic heterocycles. The van der Waals surface area contributed by atoms with Gasteiger partial charge in [-0.15, -0.1) is 0 Å². The predicted molar refractivity (Wildman–Crippen MR) is 99.8 cm³/mol. The van der Waals surface area contributed by atoms with Gasteiger partial charge >= 0.3 is 11.9 Å². The second-order valence-corrected chi connectivity index (χ2v) is 5.94. The molecule has 9 heteroatoms. The highest BCUT2D eigenvalue weighted by Gasteiger charge is 2.29. The van der Waals surface area contributed by atoms with Crippen LogP contribution in [-0.2, 0) is 9.59 Å². The molecule has 7 N–H and O–H groups in total. The zero-order chi connectivity index (χ0) is 21.3. The first kappa shape index (κ1) is 23.2. The Balaban J connectivity index is 0.000000336. The second kappa shape index (κ2) is 11.1. The van der Waals surface area contributed by atoms with E-state index in [0.717, 1.165) is 11.1 Å². The Hall–Kier alpha value is -2.82. The normalized spacial score (nSPS) is 14.9. The van der Waals surface area contributed by atoms with Crippen LogP contribution in [0, 0.1) is 0 Å². The third-order valence-corrected chi connectivity index (χ3v) is 3.83. The molecule has 0 heterocycles. The van der Waals surface area contributed by atoms with Gasteiger partial charge in [-0.25, -0.2) is 14.6 Å². The smallest absolute Gasteiger partial charge is 0.335 e. The molecule has 0 aromatic heterocycles. The lowest BCUT2D eigenvalue weighted by atomic mass is 9.95. The average molecular weight is 392 g/mol. The van der Waals surface area contributed by atoms with E-state index in [2.05, 4.69) is 0 Å². The fourth-order valence-corrected chi connectivity index (χ4v) is 2.39. The van der Waals surface area contributed by atoms with Crippen LogP contribution in [0.15, 0.2) is 60.7 Å². The van der Waals surface area contributed by atoms with Gasteiger partial charge in [-0.2, -0.15) is 0 Å². The zero-order valence-corrected chi connectivity index (χ0v) is 15.2. The van der Waals surface area contributed by atoms with Crippen molar-refractivity contribution in [1.29, 1.82) is 0 Å². The van der Waals surface area contributed by atoms with Gasteiger partial charge in [-0.05, 0) is 11.1 Å². The van der Waals surface area contributed by atoms with E-state index < -0.39 is 30.3 Å². The monoisotopic (exact) mass is 392 g/mol. The molecule has 0 spiro atoms. The number of likely N-dealkylation sites (N-methyl/N-ethyl adjacent to an activating group) is 1. The molecule has 2 rings (SSSR count). The minimum atomic E-state index is -2.27. The summed E-state index contributed by atoms with van der Waals surface area (Å²) >= 11 is 0. The Labute approximate surface area is 161 Å². The number of aliphatic hydroxyl groups excluding tert-OH is 3. The summed E-state index contributed by atoms with van der Waals surface area (Å²) in [6, 6.07) is 19.1. The highest BCUT2D eigenvalue weighted by molar-refractivity contribution is 5.83. The lowest BCUT2D eigenvalue weighted by Gasteiger charge is -2.29. The molecule has 0 amide bonds. The van der Waals surface area contributed by atoms with Crippen molar-refractivity contribution in [2.75, 3.05) is 7.05 Å². The van der Waals surface area contributed by atoms with Crippen LogP contribution in [0.1, 0.15) is 23.3 Å². The minimum absolute atomic E-state index is 0.256. The lowest BCUT2D eigenvalue weighted by molar-refractivity contribution is -0.165. The third kappa shape index (κ3) is 6.72. The number of hydrazine groups is 1. The molecule has 2 aromatic carbocycles. The summed E-state index contributed by atoms with van der Waals surface area (Å²) in [7, 11) is 1.77. The largest absolute Gasteiger partial charge is 0.479 e. The van der Waals surface area contributed by atoms with Crippen LogP contribution >= 0.6 is 0 Å². The van der Waals surface area contributed by atoms with Crippen LogP contribution in [0.2, 0.25) is 0 Å². The first-order valence-electron chi connectivity index (χ1n) is 8.24. The molecule has 0 bridgehead atoms. The van der Waals surface area contributed by atoms with E-state index in [1.807, 2.05) is 60.7 Å². The highest BCUT2D eigenvalue weighted by Crippen LogP contribution is 2.31. The molecule has 9 nitrogen and oxygen atoms in total. The van der Waals surface area contributed by atoms with Crippen molar-refractivity contribution in [1.82, 2.24) is 5.01 Å². The zero-order valence-electron chi connectivity index (χ0n) is 15.2. The number of nitrogens with two attached hydrogens (primary N) is 1. The summed E-state index contributed by atoms with van der Waals surface area (Å²) < 4.78 is 0. The topological polar surface area (TPSA) is 165 Å². The van der Waals surface area contributed by atoms with Crippen molar-refractivity contribution >= 4 is 11.9 Å². The first-order valence-corrected chi connectivity index (χ1v) is 8.24. The first-order chi connectivity index (χ1) is 13.2. The molecule has 152 valence electrons. The van der Waals surface area contributed by atoms with Gasteiger partial charge in [0.2, 0.25) is 0 Å². The average Bonchev–Trinajstić information content (AvgIpc) is 2.68. The quantitative estimate of drug-likeness (QED) is 0.284. The maximum Gasteiger partial charge on any atom is 0.335 e. The van der Waals surface area contributed by atoms with Crippen LogP contribution in [-0.4, -0.2) is 61.7 Å². The molecule has 0 unspecified atom stereocenters. The Morgan fingerprint density at radius 1 is 0.786 bits per heavy atom. The summed E-state index contributed by atoms with van der Waals surface area (Å²) in [6.45, 7) is 0. The number of hydrogen-bond donors (Lipinski definition) is 6. The van der Waals surface area contributed by atoms with Gasteiger partial charge < -0.3 is 25.5 Å². The van der Waals surface area contributed by atoms with Gasteiger partial charge in [0.25, 0.3) is 0 Å². The lowest BCUT2D eigenvalue weighted by Crippen LogP contribution is -2.39. The molecule has 0 aliphatic rings. The Bertz CT molecular complexity index is 722. The van der Waals surface area contributed by atoms with E-state index in [0.29, 0.717) is 0 Å². The van der Waals surface area contributed by atoms with Crippen LogP contribution in [0.25, 0.3) is 0 Å². The van der Waals surface area contributed by atoms with Gasteiger partial charge in [-0.1, -0.05) is 60.7 Å². The van der Waals surface area contributed by atoms with Crippen molar-refractivity contribution in [3.63, 3.8) is 0 Å². The number of rotatable bonds is 7. The number of aliphatic hydroxyl groups is 3. The van der Waals surface area contributed by atoms with Gasteiger partial charge in [0.05, 0.1) is 12.1 Å². The van der Waals surface area contributed by atoms with Crippen molar-refractivity contribution in [2.24, 2.45) is 5.84 Å². The predicted octanol–water partition coefficient (Wildman–Crippen LogP) is 0.144. The number of nitrogens with zero attached hydrogens (tertiary/aromatic N) is 1. The highest BCUT2D eigenvalue weighted by atomic mass is 16.4. The van der Waals surface area contributed by atoms with Gasteiger partial charge in [0.1, 0.15) is 0 Å². The molecule has 0 aliphatic carbocycles. The SMILES string of the molecule is CN(N)[C@H](c1ccccc1)[C@@H](O)c1ccccc1.O=C(O)[C@@H](O)[C@H](O)C(=O)O. The number of carboxylic acids is 2. The third-order valence-electron chi connectivity index (χ3n) is 3.83. The van der Waals surface area contributed by atoms with Crippen LogP contribution in [0.3, 0.4) is 0 Å². The summed E-state index contributed by atoms with van der Waals surface area (Å²) in [5.41, 5.74) is 1.86. The summed E-state index contributed by atoms with van der Waals surface area (Å²) in [5, 5.41) is 44.6. The van der Waals surface area contributed by atoms with E-state index in [-0.39, 0.29) is 6.04 Å². The molecular weight excluding hydrogens is 368 g/mol. The summed E-state index contributed by atoms with van der Waals surface area (Å²) in [5.74, 6) is 2.34. The van der Waals surface area contributed by atoms with Gasteiger partial charge in [0.15, 0.2) is 12.2 Å². The minimum Gasteiger partial charge on any atom is -0.479 e. The van der Waals surface area contributed by atoms with Crippen LogP contribution in [0.4, 0.5) is 0 Å². The van der Waals surface area contributed by atoms with Crippen molar-refractivity contribution < 1.29 is 35.1 Å². The number of carbonyl (C=O) groups is 2. The van der Waals surface area contributed by atoms with E-state index >= 15 is 0 Å². The van der Waals surface area contributed by atoms with Crippen LogP contribution in [0.5, 0.6) is 0 Å². The van der Waals surface area contributed by atoms with Crippen LogP contribution < -0.4 is 5.84 Å². The Kier molecular flexibility index (Phi) is 9.22. The fraction of sp³-hybridized carbons (Fsp3) is 0.263. The van der Waals surface area contributed by atoms with E-state index in [1.54, 1.807) is 12.1 Å². The number of benzene rings is 2. The Morgan fingerprint density at radius 2 is 1.14 bits per heavy atom. The molecule has 0 radical (unpaired) electrons. The van der Waals surface area contributed by atoms with E-state index in [1.165, 1.54) is 0 Å². The standard InChI is InChI=1S/C15H18N2O.C4H6O6/c1-17(16)14(12-8-4-2-5-9-12)15(18)13-10-6-3-7-11-13;5-1(3(7)8)2(6)4(9)10/h2-11,14-15,18H,16H2,1H3;1-2,5-6H,(H,7,8)(H,9,10)/t14-,15+;1-,2-/m10/s1. The number of aliphatic carboxylic acids is 2. The molecular formula is C19H24N2O7. The molecule has 0 fully saturated rings. The number of hydrogen-bond acceptors (Lipinski definition) is 7. The maximum atomic E-state index is 10.5. The summed E-state index contributed by atoms with van der Waals surface area (Å²) in [6.07, 6.45) is -5.18. The molecule has 0 saturated heterocycles. The molecule has 28 heavy (non-hydrogen) atoms. The van der Waals surface area contributed by atoms with E-state index in [4.69, 9.17) is 26.3 Å². The molecule has 4 atom stereocenters. The summed E-state index contributed by atoms with van der Waals surface area (Å²) in [4.78, 5) is 19.5. The van der Waals surface area contributed by atoms with Crippen molar-refractivity contribution in [3.8, 4) is 0 Å². The van der Waals surface area contributed by atoms with Crippen molar-refractivity contribution in [2.45, 2.75) is 24.4 Å².